The molecule has 0 aliphatic heterocycles. The summed E-state index contributed by atoms with van der Waals surface area (Å²) in [4.78, 5) is 14.9. The second kappa shape index (κ2) is 6.81. The predicted molar refractivity (Wildman–Crippen MR) is 89.1 cm³/mol. The third-order valence-corrected chi connectivity index (χ3v) is 4.28. The molecule has 2 rings (SSSR count). The molecule has 0 aliphatic carbocycles. The molecule has 0 radical (unpaired) electrons. The van der Waals surface area contributed by atoms with Gasteiger partial charge in [-0.2, -0.15) is 0 Å². The first-order chi connectivity index (χ1) is 9.56. The van der Waals surface area contributed by atoms with Crippen molar-refractivity contribution in [2.24, 2.45) is 0 Å². The molecule has 2 aromatic carbocycles. The van der Waals surface area contributed by atoms with Crippen molar-refractivity contribution in [2.45, 2.75) is 4.90 Å². The summed E-state index contributed by atoms with van der Waals surface area (Å²) >= 11 is 4.94. The molecule has 0 atom stereocenters. The maximum atomic E-state index is 12.1. The summed E-state index contributed by atoms with van der Waals surface area (Å²) in [6.07, 6.45) is 0. The Morgan fingerprint density at radius 3 is 2.60 bits per heavy atom. The van der Waals surface area contributed by atoms with Crippen molar-refractivity contribution in [3.05, 3.63) is 53.0 Å². The standard InChI is InChI=1S/C15H15BrN2OS/c1-18(13-7-5-12(17)6-8-13)15(19)10-20-14-4-2-3-11(16)9-14/h2-9H,10,17H2,1H3. The zero-order valence-corrected chi connectivity index (χ0v) is 13.4. The second-order valence-electron chi connectivity index (χ2n) is 4.29. The molecule has 0 heterocycles. The van der Waals surface area contributed by atoms with E-state index in [2.05, 4.69) is 15.9 Å². The van der Waals surface area contributed by atoms with Crippen LogP contribution in [0, 0.1) is 0 Å². The number of nitrogen functional groups attached to an aromatic ring is 1. The number of anilines is 2. The largest absolute Gasteiger partial charge is 0.399 e. The number of carbonyl (C=O) groups is 1. The topological polar surface area (TPSA) is 46.3 Å². The Hall–Kier alpha value is -1.46. The Labute approximate surface area is 131 Å². The van der Waals surface area contributed by atoms with Crippen molar-refractivity contribution in [1.82, 2.24) is 0 Å². The fourth-order valence-corrected chi connectivity index (χ4v) is 3.06. The Bertz CT molecular complexity index is 601. The molecule has 104 valence electrons. The number of amides is 1. The number of carbonyl (C=O) groups excluding carboxylic acids is 1. The maximum absolute atomic E-state index is 12.1. The first-order valence-corrected chi connectivity index (χ1v) is 7.84. The van der Waals surface area contributed by atoms with E-state index in [1.54, 1.807) is 24.1 Å². The molecule has 0 saturated carbocycles. The van der Waals surface area contributed by atoms with Crippen molar-refractivity contribution in [3.8, 4) is 0 Å². The molecular weight excluding hydrogens is 336 g/mol. The van der Waals surface area contributed by atoms with Gasteiger partial charge in [0, 0.05) is 27.8 Å². The quantitative estimate of drug-likeness (QED) is 0.674. The molecule has 3 nitrogen and oxygen atoms in total. The van der Waals surface area contributed by atoms with Crippen molar-refractivity contribution in [3.63, 3.8) is 0 Å². The monoisotopic (exact) mass is 350 g/mol. The fraction of sp³-hybridized carbons (Fsp3) is 0.133. The molecule has 2 N–H and O–H groups in total. The lowest BCUT2D eigenvalue weighted by Crippen LogP contribution is -2.27. The minimum absolute atomic E-state index is 0.0553. The van der Waals surface area contributed by atoms with E-state index in [-0.39, 0.29) is 5.91 Å². The molecule has 2 aromatic rings. The van der Waals surface area contributed by atoms with Crippen LogP contribution in [0.4, 0.5) is 11.4 Å². The van der Waals surface area contributed by atoms with Crippen LogP contribution in [0.15, 0.2) is 57.9 Å². The molecule has 0 saturated heterocycles. The zero-order valence-electron chi connectivity index (χ0n) is 11.0. The number of halogens is 1. The molecule has 0 unspecified atom stereocenters. The lowest BCUT2D eigenvalue weighted by Gasteiger charge is -2.17. The van der Waals surface area contributed by atoms with E-state index in [0.29, 0.717) is 11.4 Å². The van der Waals surface area contributed by atoms with Crippen LogP contribution in [0.1, 0.15) is 0 Å². The number of hydrogen-bond donors (Lipinski definition) is 1. The number of rotatable bonds is 4. The van der Waals surface area contributed by atoms with E-state index < -0.39 is 0 Å². The first-order valence-electron chi connectivity index (χ1n) is 6.07. The molecule has 0 spiro atoms. The molecule has 0 bridgehead atoms. The summed E-state index contributed by atoms with van der Waals surface area (Å²) in [7, 11) is 1.77. The van der Waals surface area contributed by atoms with E-state index in [1.165, 1.54) is 11.8 Å². The summed E-state index contributed by atoms with van der Waals surface area (Å²) in [6, 6.07) is 15.2. The highest BCUT2D eigenvalue weighted by molar-refractivity contribution is 9.10. The summed E-state index contributed by atoms with van der Waals surface area (Å²) in [6.45, 7) is 0. The molecule has 0 fully saturated rings. The van der Waals surface area contributed by atoms with Gasteiger partial charge in [-0.05, 0) is 42.5 Å². The van der Waals surface area contributed by atoms with Crippen LogP contribution >= 0.6 is 27.7 Å². The normalized spacial score (nSPS) is 10.3. The predicted octanol–water partition coefficient (Wildman–Crippen LogP) is 3.79. The van der Waals surface area contributed by atoms with Gasteiger partial charge in [-0.1, -0.05) is 22.0 Å². The van der Waals surface area contributed by atoms with Gasteiger partial charge in [-0.3, -0.25) is 4.79 Å². The molecular formula is C15H15BrN2OS. The van der Waals surface area contributed by atoms with Gasteiger partial charge in [0.05, 0.1) is 5.75 Å². The van der Waals surface area contributed by atoms with E-state index >= 15 is 0 Å². The Kier molecular flexibility index (Phi) is 5.09. The van der Waals surface area contributed by atoms with Crippen molar-refractivity contribution in [1.29, 1.82) is 0 Å². The second-order valence-corrected chi connectivity index (χ2v) is 6.25. The van der Waals surface area contributed by atoms with Gasteiger partial charge < -0.3 is 10.6 Å². The summed E-state index contributed by atoms with van der Waals surface area (Å²) in [5.41, 5.74) is 7.18. The lowest BCUT2D eigenvalue weighted by atomic mass is 10.2. The van der Waals surface area contributed by atoms with E-state index in [4.69, 9.17) is 5.73 Å². The Balaban J connectivity index is 1.96. The van der Waals surface area contributed by atoms with Gasteiger partial charge in [-0.15, -0.1) is 11.8 Å². The van der Waals surface area contributed by atoms with Crippen molar-refractivity contribution >= 4 is 45.0 Å². The van der Waals surface area contributed by atoms with Crippen LogP contribution in [0.5, 0.6) is 0 Å². The molecule has 0 aromatic heterocycles. The Morgan fingerprint density at radius 2 is 1.95 bits per heavy atom. The first kappa shape index (κ1) is 14.9. The molecule has 1 amide bonds. The van der Waals surface area contributed by atoms with Gasteiger partial charge in [0.25, 0.3) is 0 Å². The molecule has 20 heavy (non-hydrogen) atoms. The highest BCUT2D eigenvalue weighted by atomic mass is 79.9. The van der Waals surface area contributed by atoms with Crippen molar-refractivity contribution < 1.29 is 4.79 Å². The maximum Gasteiger partial charge on any atom is 0.237 e. The summed E-state index contributed by atoms with van der Waals surface area (Å²) in [5, 5.41) is 0. The average Bonchev–Trinajstić information content (AvgIpc) is 2.45. The van der Waals surface area contributed by atoms with Gasteiger partial charge >= 0.3 is 0 Å². The smallest absolute Gasteiger partial charge is 0.237 e. The van der Waals surface area contributed by atoms with Gasteiger partial charge in [0.1, 0.15) is 0 Å². The average molecular weight is 351 g/mol. The van der Waals surface area contributed by atoms with Crippen LogP contribution < -0.4 is 10.6 Å². The van der Waals surface area contributed by atoms with Gasteiger partial charge in [0.15, 0.2) is 0 Å². The van der Waals surface area contributed by atoms with E-state index in [0.717, 1.165) is 15.1 Å². The Morgan fingerprint density at radius 1 is 1.25 bits per heavy atom. The van der Waals surface area contributed by atoms with Crippen LogP contribution in [-0.2, 0) is 4.79 Å². The minimum Gasteiger partial charge on any atom is -0.399 e. The molecule has 5 heteroatoms. The number of benzene rings is 2. The highest BCUT2D eigenvalue weighted by Crippen LogP contribution is 2.23. The van der Waals surface area contributed by atoms with Crippen LogP contribution in [-0.4, -0.2) is 18.7 Å². The number of nitrogens with two attached hydrogens (primary N) is 1. The number of hydrogen-bond acceptors (Lipinski definition) is 3. The van der Waals surface area contributed by atoms with Gasteiger partial charge in [-0.25, -0.2) is 0 Å². The van der Waals surface area contributed by atoms with E-state index in [9.17, 15) is 4.79 Å². The van der Waals surface area contributed by atoms with Gasteiger partial charge in [0.2, 0.25) is 5.91 Å². The third-order valence-electron chi connectivity index (χ3n) is 2.81. The highest BCUT2D eigenvalue weighted by Gasteiger charge is 2.11. The SMILES string of the molecule is CN(C(=O)CSc1cccc(Br)c1)c1ccc(N)cc1. The third kappa shape index (κ3) is 4.02. The molecule has 0 aliphatic rings. The van der Waals surface area contributed by atoms with Crippen LogP contribution in [0.2, 0.25) is 0 Å². The van der Waals surface area contributed by atoms with E-state index in [1.807, 2.05) is 36.4 Å². The summed E-state index contributed by atoms with van der Waals surface area (Å²) in [5.74, 6) is 0.455. The minimum atomic E-state index is 0.0553. The number of thioether (sulfide) groups is 1. The lowest BCUT2D eigenvalue weighted by molar-refractivity contribution is -0.115. The van der Waals surface area contributed by atoms with Crippen LogP contribution in [0.3, 0.4) is 0 Å². The zero-order chi connectivity index (χ0) is 14.5. The van der Waals surface area contributed by atoms with Crippen LogP contribution in [0.25, 0.3) is 0 Å². The fourth-order valence-electron chi connectivity index (χ4n) is 1.64. The number of nitrogens with zero attached hydrogens (tertiary/aromatic N) is 1. The summed E-state index contributed by atoms with van der Waals surface area (Å²) < 4.78 is 1.02. The van der Waals surface area contributed by atoms with Crippen molar-refractivity contribution in [2.75, 3.05) is 23.4 Å².